The minimum atomic E-state index is -0.400. The van der Waals surface area contributed by atoms with Gasteiger partial charge in [0.05, 0.1) is 16.6 Å². The van der Waals surface area contributed by atoms with Gasteiger partial charge in [0.25, 0.3) is 0 Å². The van der Waals surface area contributed by atoms with E-state index in [-0.39, 0.29) is 0 Å². The fraction of sp³-hybridized carbons (Fsp3) is 0.0222. The molecule has 0 spiro atoms. The Bertz CT molecular complexity index is 2350. The predicted octanol–water partition coefficient (Wildman–Crippen LogP) is 11.0. The minimum Gasteiger partial charge on any atom is -0.228 e. The Balaban J connectivity index is 1.18. The van der Waals surface area contributed by atoms with Crippen molar-refractivity contribution in [2.45, 2.75) is 5.41 Å². The first-order valence-electron chi connectivity index (χ1n) is 16.1. The summed E-state index contributed by atoms with van der Waals surface area (Å²) in [5.41, 5.74) is 13.7. The van der Waals surface area contributed by atoms with Gasteiger partial charge in [0, 0.05) is 16.5 Å². The van der Waals surface area contributed by atoms with Gasteiger partial charge in [-0.3, -0.25) is 0 Å². The molecular weight excluding hydrogens is 569 g/mol. The number of para-hydroxylation sites is 1. The van der Waals surface area contributed by atoms with E-state index < -0.39 is 5.41 Å². The third-order valence-corrected chi connectivity index (χ3v) is 9.58. The van der Waals surface area contributed by atoms with E-state index in [4.69, 9.17) is 9.97 Å². The van der Waals surface area contributed by atoms with Crippen LogP contribution >= 0.6 is 0 Å². The van der Waals surface area contributed by atoms with Crippen molar-refractivity contribution in [3.05, 3.63) is 204 Å². The number of aromatic nitrogens is 2. The van der Waals surface area contributed by atoms with Crippen LogP contribution in [0.1, 0.15) is 22.3 Å². The highest BCUT2D eigenvalue weighted by molar-refractivity contribution is 5.94. The van der Waals surface area contributed by atoms with Crippen LogP contribution in [0.5, 0.6) is 0 Å². The molecule has 1 heterocycles. The zero-order valence-corrected chi connectivity index (χ0v) is 25.7. The first kappa shape index (κ1) is 27.2. The summed E-state index contributed by atoms with van der Waals surface area (Å²) < 4.78 is 0. The molecule has 0 bridgehead atoms. The van der Waals surface area contributed by atoms with Crippen molar-refractivity contribution >= 4 is 10.9 Å². The van der Waals surface area contributed by atoms with Gasteiger partial charge in [-0.05, 0) is 56.6 Å². The van der Waals surface area contributed by atoms with Gasteiger partial charge >= 0.3 is 0 Å². The molecule has 0 unspecified atom stereocenters. The normalized spacial score (nSPS) is 12.9. The molecule has 7 aromatic carbocycles. The lowest BCUT2D eigenvalue weighted by atomic mass is 9.67. The minimum absolute atomic E-state index is 0.400. The standard InChI is InChI=1S/C45H30N2/c1-3-14-32(15-4-1)44-46-42-25-12-9-22-39(42)43(47-44)34-17-13-16-33(30-34)31-26-28-36(29-27-31)45(35-18-5-2-6-19-35)40-23-10-7-20-37(40)38-21-8-11-24-41(38)45/h1-30H. The third kappa shape index (κ3) is 4.34. The van der Waals surface area contributed by atoms with Gasteiger partial charge in [-0.15, -0.1) is 0 Å². The van der Waals surface area contributed by atoms with Crippen molar-refractivity contribution in [3.8, 4) is 44.9 Å². The number of benzene rings is 7. The summed E-state index contributed by atoms with van der Waals surface area (Å²) in [6.45, 7) is 0. The number of hydrogen-bond acceptors (Lipinski definition) is 2. The van der Waals surface area contributed by atoms with E-state index >= 15 is 0 Å². The van der Waals surface area contributed by atoms with Crippen molar-refractivity contribution in [1.29, 1.82) is 0 Å². The smallest absolute Gasteiger partial charge is 0.160 e. The highest BCUT2D eigenvalue weighted by Crippen LogP contribution is 2.56. The molecule has 0 aliphatic heterocycles. The largest absolute Gasteiger partial charge is 0.228 e. The van der Waals surface area contributed by atoms with Crippen molar-refractivity contribution in [1.82, 2.24) is 9.97 Å². The summed E-state index contributed by atoms with van der Waals surface area (Å²) in [5.74, 6) is 0.734. The van der Waals surface area contributed by atoms with E-state index in [0.717, 1.165) is 39.1 Å². The van der Waals surface area contributed by atoms with Crippen LogP contribution in [0.3, 0.4) is 0 Å². The summed E-state index contributed by atoms with van der Waals surface area (Å²) in [5, 5.41) is 1.04. The summed E-state index contributed by atoms with van der Waals surface area (Å²) in [6, 6.07) is 65.1. The Morgan fingerprint density at radius 1 is 0.362 bits per heavy atom. The van der Waals surface area contributed by atoms with Crippen molar-refractivity contribution in [3.63, 3.8) is 0 Å². The Morgan fingerprint density at radius 3 is 1.64 bits per heavy atom. The molecule has 0 saturated carbocycles. The first-order chi connectivity index (χ1) is 23.3. The summed E-state index contributed by atoms with van der Waals surface area (Å²) >= 11 is 0. The van der Waals surface area contributed by atoms with Crippen LogP contribution in [0.4, 0.5) is 0 Å². The van der Waals surface area contributed by atoms with Crippen molar-refractivity contribution < 1.29 is 0 Å². The Hall–Kier alpha value is -6.12. The molecule has 2 heteroatoms. The Morgan fingerprint density at radius 2 is 0.915 bits per heavy atom. The molecule has 9 rings (SSSR count). The zero-order chi connectivity index (χ0) is 31.2. The second-order valence-corrected chi connectivity index (χ2v) is 12.1. The van der Waals surface area contributed by atoms with Crippen LogP contribution < -0.4 is 0 Å². The van der Waals surface area contributed by atoms with Crippen LogP contribution in [0.15, 0.2) is 182 Å². The van der Waals surface area contributed by atoms with Gasteiger partial charge < -0.3 is 0 Å². The van der Waals surface area contributed by atoms with E-state index in [1.807, 2.05) is 24.3 Å². The number of nitrogens with zero attached hydrogens (tertiary/aromatic N) is 2. The van der Waals surface area contributed by atoms with Crippen LogP contribution in [-0.2, 0) is 5.41 Å². The zero-order valence-electron chi connectivity index (χ0n) is 25.7. The SMILES string of the molecule is c1ccc(-c2nc(-c3cccc(-c4ccc(C5(c6ccccc6)c6ccccc6-c6ccccc65)cc4)c3)c3ccccc3n2)cc1. The maximum Gasteiger partial charge on any atom is 0.160 e. The van der Waals surface area contributed by atoms with E-state index in [1.54, 1.807) is 0 Å². The first-order valence-corrected chi connectivity index (χ1v) is 16.1. The van der Waals surface area contributed by atoms with Crippen LogP contribution in [0.25, 0.3) is 55.8 Å². The average molecular weight is 599 g/mol. The topological polar surface area (TPSA) is 25.8 Å². The lowest BCUT2D eigenvalue weighted by molar-refractivity contribution is 0.768. The molecular formula is C45H30N2. The molecule has 47 heavy (non-hydrogen) atoms. The quantitative estimate of drug-likeness (QED) is 0.197. The molecule has 0 saturated heterocycles. The molecule has 220 valence electrons. The molecule has 8 aromatic rings. The second-order valence-electron chi connectivity index (χ2n) is 12.1. The molecule has 0 N–H and O–H groups in total. The summed E-state index contributed by atoms with van der Waals surface area (Å²) in [7, 11) is 0. The Labute approximate surface area is 274 Å². The lowest BCUT2D eigenvalue weighted by Gasteiger charge is -2.34. The van der Waals surface area contributed by atoms with Gasteiger partial charge in [0.15, 0.2) is 5.82 Å². The highest BCUT2D eigenvalue weighted by atomic mass is 14.9. The fourth-order valence-electron chi connectivity index (χ4n) is 7.48. The monoisotopic (exact) mass is 598 g/mol. The molecule has 0 amide bonds. The second kappa shape index (κ2) is 11.0. The van der Waals surface area contributed by atoms with Gasteiger partial charge in [-0.1, -0.05) is 170 Å². The van der Waals surface area contributed by atoms with Gasteiger partial charge in [0.2, 0.25) is 0 Å². The van der Waals surface area contributed by atoms with Gasteiger partial charge in [-0.2, -0.15) is 0 Å². The van der Waals surface area contributed by atoms with E-state index in [0.29, 0.717) is 0 Å². The molecule has 2 nitrogen and oxygen atoms in total. The molecule has 0 fully saturated rings. The fourth-order valence-corrected chi connectivity index (χ4v) is 7.48. The molecule has 1 aliphatic rings. The molecule has 1 aromatic heterocycles. The van der Waals surface area contributed by atoms with Crippen molar-refractivity contribution in [2.75, 3.05) is 0 Å². The number of fused-ring (bicyclic) bond motifs is 4. The maximum absolute atomic E-state index is 5.12. The number of hydrogen-bond donors (Lipinski definition) is 0. The van der Waals surface area contributed by atoms with Crippen LogP contribution in [0, 0.1) is 0 Å². The van der Waals surface area contributed by atoms with Crippen LogP contribution in [0.2, 0.25) is 0 Å². The molecule has 0 radical (unpaired) electrons. The van der Waals surface area contributed by atoms with E-state index in [1.165, 1.54) is 38.9 Å². The van der Waals surface area contributed by atoms with Gasteiger partial charge in [-0.25, -0.2) is 9.97 Å². The summed E-state index contributed by atoms with van der Waals surface area (Å²) in [4.78, 5) is 10.0. The Kier molecular flexibility index (Phi) is 6.39. The van der Waals surface area contributed by atoms with Crippen LogP contribution in [-0.4, -0.2) is 9.97 Å². The molecule has 0 atom stereocenters. The third-order valence-electron chi connectivity index (χ3n) is 9.58. The highest BCUT2D eigenvalue weighted by Gasteiger charge is 2.45. The van der Waals surface area contributed by atoms with E-state index in [2.05, 4.69) is 158 Å². The van der Waals surface area contributed by atoms with Crippen molar-refractivity contribution in [2.24, 2.45) is 0 Å². The number of rotatable bonds is 5. The average Bonchev–Trinajstić information content (AvgIpc) is 3.46. The van der Waals surface area contributed by atoms with Gasteiger partial charge in [0.1, 0.15) is 0 Å². The summed E-state index contributed by atoms with van der Waals surface area (Å²) in [6.07, 6.45) is 0. The molecule has 1 aliphatic carbocycles. The lowest BCUT2D eigenvalue weighted by Crippen LogP contribution is -2.28. The maximum atomic E-state index is 5.12. The predicted molar refractivity (Wildman–Crippen MR) is 193 cm³/mol. The van der Waals surface area contributed by atoms with E-state index in [9.17, 15) is 0 Å².